The lowest BCUT2D eigenvalue weighted by Gasteiger charge is -2.10. The molecule has 0 bridgehead atoms. The maximum absolute atomic E-state index is 13.6. The molecule has 0 aliphatic carbocycles. The average molecular weight is 301 g/mol. The van der Waals surface area contributed by atoms with Crippen molar-refractivity contribution < 1.29 is 14.3 Å². The summed E-state index contributed by atoms with van der Waals surface area (Å²) < 4.78 is 13.6. The highest BCUT2D eigenvalue weighted by atomic mass is 35.5. The van der Waals surface area contributed by atoms with Crippen LogP contribution in [0.3, 0.4) is 0 Å². The minimum atomic E-state index is -1.20. The van der Waals surface area contributed by atoms with Crippen molar-refractivity contribution in [2.75, 3.05) is 5.32 Å². The second-order valence-electron chi connectivity index (χ2n) is 3.58. The zero-order valence-corrected chi connectivity index (χ0v) is 10.8. The van der Waals surface area contributed by atoms with Gasteiger partial charge < -0.3 is 10.4 Å². The molecule has 0 atom stereocenters. The van der Waals surface area contributed by atoms with Crippen LogP contribution in [-0.4, -0.2) is 16.1 Å². The van der Waals surface area contributed by atoms with Crippen LogP contribution in [-0.2, 0) is 0 Å². The van der Waals surface area contributed by atoms with E-state index in [1.165, 1.54) is 24.3 Å². The highest BCUT2D eigenvalue weighted by Crippen LogP contribution is 2.25. The zero-order valence-electron chi connectivity index (χ0n) is 9.32. The molecule has 0 saturated heterocycles. The van der Waals surface area contributed by atoms with Gasteiger partial charge in [0.1, 0.15) is 22.4 Å². The summed E-state index contributed by atoms with van der Waals surface area (Å²) in [6, 6.07) is 6.49. The molecule has 0 amide bonds. The molecule has 2 aromatic rings. The van der Waals surface area contributed by atoms with Crippen molar-refractivity contribution in [1.82, 2.24) is 4.98 Å². The molecule has 0 unspecified atom stereocenters. The van der Waals surface area contributed by atoms with E-state index < -0.39 is 11.8 Å². The molecule has 1 aromatic carbocycles. The highest BCUT2D eigenvalue weighted by Gasteiger charge is 2.14. The van der Waals surface area contributed by atoms with E-state index in [0.29, 0.717) is 5.02 Å². The smallest absolute Gasteiger partial charge is 0.339 e. The van der Waals surface area contributed by atoms with Gasteiger partial charge in [0, 0.05) is 5.02 Å². The molecule has 0 saturated carbocycles. The van der Waals surface area contributed by atoms with E-state index in [2.05, 4.69) is 10.3 Å². The van der Waals surface area contributed by atoms with Gasteiger partial charge in [-0.05, 0) is 30.3 Å². The number of aromatic carboxylic acids is 1. The second-order valence-corrected chi connectivity index (χ2v) is 4.41. The van der Waals surface area contributed by atoms with Crippen LogP contribution in [0.1, 0.15) is 10.4 Å². The molecular weight excluding hydrogens is 294 g/mol. The Kier molecular flexibility index (Phi) is 3.87. The predicted molar refractivity (Wildman–Crippen MR) is 70.9 cm³/mol. The first-order valence-corrected chi connectivity index (χ1v) is 5.85. The van der Waals surface area contributed by atoms with Crippen molar-refractivity contribution in [3.63, 3.8) is 0 Å². The molecule has 0 spiro atoms. The molecule has 1 aromatic heterocycles. The Labute approximate surface area is 117 Å². The number of aromatic nitrogens is 1. The van der Waals surface area contributed by atoms with Crippen molar-refractivity contribution in [2.24, 2.45) is 0 Å². The van der Waals surface area contributed by atoms with Crippen molar-refractivity contribution in [3.05, 3.63) is 51.9 Å². The van der Waals surface area contributed by atoms with Crippen molar-refractivity contribution in [3.8, 4) is 0 Å². The normalized spacial score (nSPS) is 10.3. The summed E-state index contributed by atoms with van der Waals surface area (Å²) in [7, 11) is 0. The topological polar surface area (TPSA) is 62.2 Å². The van der Waals surface area contributed by atoms with Crippen LogP contribution in [0, 0.1) is 5.82 Å². The Morgan fingerprint density at radius 2 is 2.00 bits per heavy atom. The molecule has 2 N–H and O–H groups in total. The molecule has 7 heteroatoms. The van der Waals surface area contributed by atoms with Gasteiger partial charge in [-0.3, -0.25) is 0 Å². The summed E-state index contributed by atoms with van der Waals surface area (Å²) in [4.78, 5) is 14.9. The molecule has 0 radical (unpaired) electrons. The van der Waals surface area contributed by atoms with Gasteiger partial charge in [-0.15, -0.1) is 0 Å². The summed E-state index contributed by atoms with van der Waals surface area (Å²) in [5.41, 5.74) is -0.103. The predicted octanol–water partition coefficient (Wildman–Crippen LogP) is 3.97. The number of benzene rings is 1. The minimum absolute atomic E-state index is 0.0183. The molecule has 0 aliphatic heterocycles. The Morgan fingerprint density at radius 1 is 1.26 bits per heavy atom. The van der Waals surface area contributed by atoms with Gasteiger partial charge in [0.25, 0.3) is 0 Å². The Bertz CT molecular complexity index is 650. The van der Waals surface area contributed by atoms with Gasteiger partial charge in [0.15, 0.2) is 0 Å². The van der Waals surface area contributed by atoms with E-state index in [4.69, 9.17) is 28.3 Å². The van der Waals surface area contributed by atoms with E-state index >= 15 is 0 Å². The summed E-state index contributed by atoms with van der Waals surface area (Å²) in [5.74, 6) is -1.84. The number of carboxylic acid groups (broad SMARTS) is 1. The standard InChI is InChI=1S/C12H7Cl2FN2O2/c13-6-1-3-8(15)9(5-6)16-11-7(12(18)19)2-4-10(14)17-11/h1-5H,(H,16,17)(H,18,19). The highest BCUT2D eigenvalue weighted by molar-refractivity contribution is 6.31. The van der Waals surface area contributed by atoms with Crippen molar-refractivity contribution in [1.29, 1.82) is 0 Å². The van der Waals surface area contributed by atoms with Gasteiger partial charge >= 0.3 is 5.97 Å². The number of carbonyl (C=O) groups is 1. The third kappa shape index (κ3) is 3.13. The first-order chi connectivity index (χ1) is 8.97. The van der Waals surface area contributed by atoms with E-state index in [1.807, 2.05) is 0 Å². The van der Waals surface area contributed by atoms with Crippen LogP contribution in [0.5, 0.6) is 0 Å². The molecule has 4 nitrogen and oxygen atoms in total. The number of anilines is 2. The van der Waals surface area contributed by atoms with Gasteiger partial charge in [-0.1, -0.05) is 23.2 Å². The lowest BCUT2D eigenvalue weighted by molar-refractivity contribution is 0.0697. The van der Waals surface area contributed by atoms with E-state index in [1.54, 1.807) is 0 Å². The maximum atomic E-state index is 13.6. The lowest BCUT2D eigenvalue weighted by Crippen LogP contribution is -2.05. The van der Waals surface area contributed by atoms with Crippen LogP contribution >= 0.6 is 23.2 Å². The summed E-state index contributed by atoms with van der Waals surface area (Å²) in [5, 5.41) is 12.0. The summed E-state index contributed by atoms with van der Waals surface area (Å²) in [6.07, 6.45) is 0. The number of carboxylic acids is 1. The number of hydrogen-bond acceptors (Lipinski definition) is 3. The molecule has 2 rings (SSSR count). The Morgan fingerprint density at radius 3 is 2.68 bits per heavy atom. The molecule has 0 aliphatic rings. The number of pyridine rings is 1. The fraction of sp³-hybridized carbons (Fsp3) is 0. The van der Waals surface area contributed by atoms with Gasteiger partial charge in [-0.25, -0.2) is 14.2 Å². The second kappa shape index (κ2) is 5.42. The van der Waals surface area contributed by atoms with Gasteiger partial charge in [0.05, 0.1) is 5.69 Å². The third-order valence-electron chi connectivity index (χ3n) is 2.27. The van der Waals surface area contributed by atoms with E-state index in [0.717, 1.165) is 6.07 Å². The zero-order chi connectivity index (χ0) is 14.0. The fourth-order valence-electron chi connectivity index (χ4n) is 1.42. The van der Waals surface area contributed by atoms with Gasteiger partial charge in [-0.2, -0.15) is 0 Å². The summed E-state index contributed by atoms with van der Waals surface area (Å²) in [6.45, 7) is 0. The minimum Gasteiger partial charge on any atom is -0.478 e. The lowest BCUT2D eigenvalue weighted by atomic mass is 10.2. The summed E-state index contributed by atoms with van der Waals surface area (Å²) >= 11 is 11.4. The van der Waals surface area contributed by atoms with E-state index in [-0.39, 0.29) is 22.2 Å². The first kappa shape index (κ1) is 13.6. The third-order valence-corrected chi connectivity index (χ3v) is 2.72. The fourth-order valence-corrected chi connectivity index (χ4v) is 1.74. The van der Waals surface area contributed by atoms with Crippen molar-refractivity contribution in [2.45, 2.75) is 0 Å². The number of hydrogen-bond donors (Lipinski definition) is 2. The maximum Gasteiger partial charge on any atom is 0.339 e. The molecular formula is C12H7Cl2FN2O2. The van der Waals surface area contributed by atoms with Crippen LogP contribution < -0.4 is 5.32 Å². The van der Waals surface area contributed by atoms with E-state index in [9.17, 15) is 9.18 Å². The average Bonchev–Trinajstić information content (AvgIpc) is 2.33. The van der Waals surface area contributed by atoms with Crippen LogP contribution in [0.15, 0.2) is 30.3 Å². The SMILES string of the molecule is O=C(O)c1ccc(Cl)nc1Nc1cc(Cl)ccc1F. The largest absolute Gasteiger partial charge is 0.478 e. The quantitative estimate of drug-likeness (QED) is 0.842. The molecule has 19 heavy (non-hydrogen) atoms. The van der Waals surface area contributed by atoms with Crippen molar-refractivity contribution >= 4 is 40.7 Å². The van der Waals surface area contributed by atoms with Crippen LogP contribution in [0.25, 0.3) is 0 Å². The Balaban J connectivity index is 2.45. The molecule has 98 valence electrons. The number of halogens is 3. The molecule has 1 heterocycles. The Hall–Kier alpha value is -1.85. The monoisotopic (exact) mass is 300 g/mol. The number of nitrogens with zero attached hydrogens (tertiary/aromatic N) is 1. The van der Waals surface area contributed by atoms with Crippen LogP contribution in [0.2, 0.25) is 10.2 Å². The van der Waals surface area contributed by atoms with Gasteiger partial charge in [0.2, 0.25) is 0 Å². The van der Waals surface area contributed by atoms with Crippen LogP contribution in [0.4, 0.5) is 15.9 Å². The first-order valence-electron chi connectivity index (χ1n) is 5.09. The number of nitrogens with one attached hydrogen (secondary N) is 1. The molecule has 0 fully saturated rings. The number of rotatable bonds is 3.